The van der Waals surface area contributed by atoms with Gasteiger partial charge in [-0.2, -0.15) is 0 Å². The molecule has 0 radical (unpaired) electrons. The zero-order chi connectivity index (χ0) is 16.2. The van der Waals surface area contributed by atoms with Gasteiger partial charge in [0.1, 0.15) is 11.7 Å². The SMILES string of the molecule is CC(C)NC(=O)C(C)NC(=O)c1ccc(N)c([N+](=O)[O-])c1. The third-order valence-corrected chi connectivity index (χ3v) is 2.66. The first-order chi connectivity index (χ1) is 9.72. The molecule has 1 atom stereocenters. The first kappa shape index (κ1) is 16.4. The smallest absolute Gasteiger partial charge is 0.292 e. The van der Waals surface area contributed by atoms with Gasteiger partial charge in [0, 0.05) is 17.7 Å². The zero-order valence-electron chi connectivity index (χ0n) is 12.0. The number of nitrogens with one attached hydrogen (secondary N) is 2. The van der Waals surface area contributed by atoms with Crippen LogP contribution in [0.3, 0.4) is 0 Å². The van der Waals surface area contributed by atoms with Crippen LogP contribution in [0.15, 0.2) is 18.2 Å². The topological polar surface area (TPSA) is 127 Å². The molecule has 1 unspecified atom stereocenters. The molecule has 0 saturated heterocycles. The molecule has 1 rings (SSSR count). The van der Waals surface area contributed by atoms with Crippen molar-refractivity contribution in [2.75, 3.05) is 5.73 Å². The number of benzene rings is 1. The van der Waals surface area contributed by atoms with Crippen molar-refractivity contribution >= 4 is 23.2 Å². The van der Waals surface area contributed by atoms with E-state index in [1.165, 1.54) is 19.1 Å². The second-order valence-electron chi connectivity index (χ2n) is 4.89. The fourth-order valence-electron chi connectivity index (χ4n) is 1.60. The maximum absolute atomic E-state index is 12.0. The number of carbonyl (C=O) groups is 2. The van der Waals surface area contributed by atoms with Gasteiger partial charge in [-0.25, -0.2) is 0 Å². The first-order valence-corrected chi connectivity index (χ1v) is 6.37. The summed E-state index contributed by atoms with van der Waals surface area (Å²) in [5, 5.41) is 15.9. The number of hydrogen-bond donors (Lipinski definition) is 3. The number of nitrogens with zero attached hydrogens (tertiary/aromatic N) is 1. The molecule has 1 aromatic carbocycles. The Morgan fingerprint density at radius 1 is 1.24 bits per heavy atom. The van der Waals surface area contributed by atoms with Crippen LogP contribution in [0.4, 0.5) is 11.4 Å². The molecule has 21 heavy (non-hydrogen) atoms. The van der Waals surface area contributed by atoms with Crippen LogP contribution < -0.4 is 16.4 Å². The van der Waals surface area contributed by atoms with Crippen molar-refractivity contribution in [3.05, 3.63) is 33.9 Å². The highest BCUT2D eigenvalue weighted by molar-refractivity contribution is 5.98. The van der Waals surface area contributed by atoms with Crippen LogP contribution in [0.25, 0.3) is 0 Å². The summed E-state index contributed by atoms with van der Waals surface area (Å²) in [4.78, 5) is 33.8. The molecular weight excluding hydrogens is 276 g/mol. The molecule has 0 saturated carbocycles. The van der Waals surface area contributed by atoms with Crippen molar-refractivity contribution in [1.82, 2.24) is 10.6 Å². The highest BCUT2D eigenvalue weighted by Crippen LogP contribution is 2.22. The monoisotopic (exact) mass is 294 g/mol. The van der Waals surface area contributed by atoms with Crippen molar-refractivity contribution in [2.45, 2.75) is 32.9 Å². The van der Waals surface area contributed by atoms with Crippen LogP contribution in [-0.4, -0.2) is 28.8 Å². The van der Waals surface area contributed by atoms with E-state index in [0.29, 0.717) is 0 Å². The fourth-order valence-corrected chi connectivity index (χ4v) is 1.60. The highest BCUT2D eigenvalue weighted by Gasteiger charge is 2.20. The molecule has 1 aromatic rings. The lowest BCUT2D eigenvalue weighted by Crippen LogP contribution is -2.46. The van der Waals surface area contributed by atoms with Gasteiger partial charge in [0.05, 0.1) is 4.92 Å². The fraction of sp³-hybridized carbons (Fsp3) is 0.385. The van der Waals surface area contributed by atoms with Gasteiger partial charge in [-0.1, -0.05) is 0 Å². The van der Waals surface area contributed by atoms with Crippen LogP contribution in [0.2, 0.25) is 0 Å². The van der Waals surface area contributed by atoms with E-state index in [9.17, 15) is 19.7 Å². The Bertz CT molecular complexity index is 571. The van der Waals surface area contributed by atoms with E-state index in [1.54, 1.807) is 13.8 Å². The first-order valence-electron chi connectivity index (χ1n) is 6.37. The quantitative estimate of drug-likeness (QED) is 0.421. The van der Waals surface area contributed by atoms with E-state index in [-0.39, 0.29) is 28.9 Å². The lowest BCUT2D eigenvalue weighted by Gasteiger charge is -2.16. The number of rotatable bonds is 5. The number of anilines is 1. The molecule has 0 aromatic heterocycles. The van der Waals surface area contributed by atoms with Gasteiger partial charge in [0.25, 0.3) is 11.6 Å². The summed E-state index contributed by atoms with van der Waals surface area (Å²) in [5.41, 5.74) is 5.16. The van der Waals surface area contributed by atoms with E-state index in [1.807, 2.05) is 0 Å². The molecule has 0 aliphatic heterocycles. The summed E-state index contributed by atoms with van der Waals surface area (Å²) in [7, 11) is 0. The van der Waals surface area contributed by atoms with Gasteiger partial charge in [0.2, 0.25) is 5.91 Å². The summed E-state index contributed by atoms with van der Waals surface area (Å²) in [5.74, 6) is -0.909. The lowest BCUT2D eigenvalue weighted by molar-refractivity contribution is -0.383. The van der Waals surface area contributed by atoms with Crippen LogP contribution in [0.1, 0.15) is 31.1 Å². The van der Waals surface area contributed by atoms with E-state index >= 15 is 0 Å². The molecule has 114 valence electrons. The summed E-state index contributed by atoms with van der Waals surface area (Å²) < 4.78 is 0. The molecule has 0 heterocycles. The predicted octanol–water partition coefficient (Wildman–Crippen LogP) is 0.820. The molecule has 0 fully saturated rings. The van der Waals surface area contributed by atoms with Crippen LogP contribution in [0.5, 0.6) is 0 Å². The summed E-state index contributed by atoms with van der Waals surface area (Å²) in [6, 6.07) is 2.93. The average molecular weight is 294 g/mol. The van der Waals surface area contributed by atoms with Gasteiger partial charge >= 0.3 is 0 Å². The van der Waals surface area contributed by atoms with Crippen molar-refractivity contribution in [2.24, 2.45) is 0 Å². The molecule has 0 aliphatic carbocycles. The van der Waals surface area contributed by atoms with Crippen molar-refractivity contribution < 1.29 is 14.5 Å². The van der Waals surface area contributed by atoms with Gasteiger partial charge in [-0.15, -0.1) is 0 Å². The Hall–Kier alpha value is -2.64. The lowest BCUT2D eigenvalue weighted by atomic mass is 10.1. The van der Waals surface area contributed by atoms with Crippen molar-refractivity contribution in [3.8, 4) is 0 Å². The van der Waals surface area contributed by atoms with E-state index < -0.39 is 16.9 Å². The van der Waals surface area contributed by atoms with Gasteiger partial charge in [0.15, 0.2) is 0 Å². The van der Waals surface area contributed by atoms with Crippen molar-refractivity contribution in [1.29, 1.82) is 0 Å². The van der Waals surface area contributed by atoms with Crippen molar-refractivity contribution in [3.63, 3.8) is 0 Å². The van der Waals surface area contributed by atoms with E-state index in [2.05, 4.69) is 10.6 Å². The van der Waals surface area contributed by atoms with Crippen LogP contribution in [0, 0.1) is 10.1 Å². The van der Waals surface area contributed by atoms with Gasteiger partial charge in [-0.3, -0.25) is 19.7 Å². The Morgan fingerprint density at radius 3 is 2.38 bits per heavy atom. The number of nitrogens with two attached hydrogens (primary N) is 1. The third-order valence-electron chi connectivity index (χ3n) is 2.66. The van der Waals surface area contributed by atoms with E-state index in [4.69, 9.17) is 5.73 Å². The molecule has 4 N–H and O–H groups in total. The largest absolute Gasteiger partial charge is 0.393 e. The number of nitrogen functional groups attached to an aromatic ring is 1. The molecule has 0 aliphatic rings. The van der Waals surface area contributed by atoms with Gasteiger partial charge in [-0.05, 0) is 32.9 Å². The van der Waals surface area contributed by atoms with E-state index in [0.717, 1.165) is 6.07 Å². The summed E-state index contributed by atoms with van der Waals surface area (Å²) >= 11 is 0. The molecule has 2 amide bonds. The Kier molecular flexibility index (Phi) is 5.23. The number of nitro groups is 1. The minimum absolute atomic E-state index is 0.0258. The van der Waals surface area contributed by atoms with Gasteiger partial charge < -0.3 is 16.4 Å². The average Bonchev–Trinajstić information content (AvgIpc) is 2.37. The second-order valence-corrected chi connectivity index (χ2v) is 4.89. The number of nitro benzene ring substituents is 1. The highest BCUT2D eigenvalue weighted by atomic mass is 16.6. The van der Waals surface area contributed by atoms with Crippen LogP contribution in [-0.2, 0) is 4.79 Å². The maximum Gasteiger partial charge on any atom is 0.292 e. The third kappa shape index (κ3) is 4.44. The summed E-state index contributed by atoms with van der Waals surface area (Å²) in [6.45, 7) is 5.13. The number of hydrogen-bond acceptors (Lipinski definition) is 5. The minimum Gasteiger partial charge on any atom is -0.393 e. The second kappa shape index (κ2) is 6.69. The Balaban J connectivity index is 2.83. The predicted molar refractivity (Wildman–Crippen MR) is 77.7 cm³/mol. The Labute approximate surface area is 121 Å². The molecule has 0 spiro atoms. The molecule has 8 nitrogen and oxygen atoms in total. The molecular formula is C13H18N4O4. The normalized spacial score (nSPS) is 11.8. The minimum atomic E-state index is -0.753. The zero-order valence-corrected chi connectivity index (χ0v) is 12.0. The molecule has 8 heteroatoms. The standard InChI is InChI=1S/C13H18N4O4/c1-7(2)15-12(18)8(3)16-13(19)9-4-5-10(14)11(6-9)17(20)21/h4-8H,14H2,1-3H3,(H,15,18)(H,16,19). The number of carbonyl (C=O) groups excluding carboxylic acids is 2. The maximum atomic E-state index is 12.0. The molecule has 0 bridgehead atoms. The Morgan fingerprint density at radius 2 is 1.86 bits per heavy atom. The van der Waals surface area contributed by atoms with Crippen LogP contribution >= 0.6 is 0 Å². The summed E-state index contributed by atoms with van der Waals surface area (Å²) in [6.07, 6.45) is 0. The number of amides is 2.